The summed E-state index contributed by atoms with van der Waals surface area (Å²) in [5.74, 6) is 0.212. The number of alkyl halides is 1. The number of hydrogen-bond acceptors (Lipinski definition) is 2. The Bertz CT molecular complexity index is 211. The smallest absolute Gasteiger partial charge is 0.127 e. The van der Waals surface area contributed by atoms with E-state index in [4.69, 9.17) is 4.74 Å². The van der Waals surface area contributed by atoms with Crippen molar-refractivity contribution in [1.82, 2.24) is 5.32 Å². The molecule has 3 heteroatoms. The molecule has 2 heterocycles. The first-order valence-electron chi connectivity index (χ1n) is 5.53. The van der Waals surface area contributed by atoms with Crippen LogP contribution in [0, 0.1) is 5.92 Å². The van der Waals surface area contributed by atoms with Crippen molar-refractivity contribution in [1.29, 1.82) is 0 Å². The van der Waals surface area contributed by atoms with Gasteiger partial charge in [0.2, 0.25) is 0 Å². The second-order valence-electron chi connectivity index (χ2n) is 4.16. The van der Waals surface area contributed by atoms with Crippen molar-refractivity contribution in [3.8, 4) is 0 Å². The fourth-order valence-corrected chi connectivity index (χ4v) is 2.23. The standard InChI is InChI=1S/C11H18FNO/c12-11(9-3-5-13-6-4-9)10-2-1-7-14-8-10/h8-9,11,13H,1-7H2. The monoisotopic (exact) mass is 199 g/mol. The third kappa shape index (κ3) is 2.27. The molecule has 0 spiro atoms. The van der Waals surface area contributed by atoms with Gasteiger partial charge in [0.05, 0.1) is 12.9 Å². The molecule has 1 N–H and O–H groups in total. The SMILES string of the molecule is FC(C1=COCCC1)C1CCNCC1. The van der Waals surface area contributed by atoms with E-state index in [1.165, 1.54) is 0 Å². The first-order chi connectivity index (χ1) is 6.88. The predicted molar refractivity (Wildman–Crippen MR) is 53.8 cm³/mol. The average Bonchev–Trinajstić information content (AvgIpc) is 2.30. The summed E-state index contributed by atoms with van der Waals surface area (Å²) in [6.45, 7) is 2.67. The minimum absolute atomic E-state index is 0.212. The summed E-state index contributed by atoms with van der Waals surface area (Å²) >= 11 is 0. The van der Waals surface area contributed by atoms with Crippen molar-refractivity contribution < 1.29 is 9.13 Å². The summed E-state index contributed by atoms with van der Waals surface area (Å²) in [6, 6.07) is 0. The van der Waals surface area contributed by atoms with E-state index in [0.29, 0.717) is 0 Å². The van der Waals surface area contributed by atoms with Crippen molar-refractivity contribution in [2.75, 3.05) is 19.7 Å². The summed E-state index contributed by atoms with van der Waals surface area (Å²) in [6.07, 6.45) is 4.65. The minimum Gasteiger partial charge on any atom is -0.501 e. The van der Waals surface area contributed by atoms with Gasteiger partial charge < -0.3 is 10.1 Å². The highest BCUT2D eigenvalue weighted by Gasteiger charge is 2.27. The lowest BCUT2D eigenvalue weighted by atomic mass is 9.87. The molecule has 1 fully saturated rings. The zero-order chi connectivity index (χ0) is 9.80. The van der Waals surface area contributed by atoms with Gasteiger partial charge in [0.1, 0.15) is 6.17 Å². The zero-order valence-corrected chi connectivity index (χ0v) is 8.47. The maximum atomic E-state index is 14.0. The fourth-order valence-electron chi connectivity index (χ4n) is 2.23. The number of allylic oxidation sites excluding steroid dienone is 1. The largest absolute Gasteiger partial charge is 0.501 e. The summed E-state index contributed by atoms with van der Waals surface area (Å²) in [7, 11) is 0. The second-order valence-corrected chi connectivity index (χ2v) is 4.16. The first kappa shape index (κ1) is 9.97. The zero-order valence-electron chi connectivity index (χ0n) is 8.47. The molecule has 80 valence electrons. The Morgan fingerprint density at radius 2 is 2.21 bits per heavy atom. The van der Waals surface area contributed by atoms with Crippen molar-refractivity contribution in [3.63, 3.8) is 0 Å². The van der Waals surface area contributed by atoms with Crippen LogP contribution in [-0.4, -0.2) is 25.9 Å². The highest BCUT2D eigenvalue weighted by Crippen LogP contribution is 2.28. The topological polar surface area (TPSA) is 21.3 Å². The Balaban J connectivity index is 1.91. The molecule has 0 bridgehead atoms. The third-order valence-corrected chi connectivity index (χ3v) is 3.11. The Morgan fingerprint density at radius 3 is 2.86 bits per heavy atom. The molecule has 0 saturated carbocycles. The number of halogens is 1. The number of piperidine rings is 1. The van der Waals surface area contributed by atoms with Crippen molar-refractivity contribution >= 4 is 0 Å². The van der Waals surface area contributed by atoms with E-state index in [2.05, 4.69) is 5.32 Å². The molecular weight excluding hydrogens is 181 g/mol. The van der Waals surface area contributed by atoms with Gasteiger partial charge in [-0.1, -0.05) is 0 Å². The van der Waals surface area contributed by atoms with Crippen LogP contribution in [0.25, 0.3) is 0 Å². The molecular formula is C11H18FNO. The van der Waals surface area contributed by atoms with Gasteiger partial charge in [-0.3, -0.25) is 0 Å². The van der Waals surface area contributed by atoms with Crippen LogP contribution in [0.4, 0.5) is 4.39 Å². The van der Waals surface area contributed by atoms with Crippen LogP contribution >= 0.6 is 0 Å². The van der Waals surface area contributed by atoms with Gasteiger partial charge in [-0.05, 0) is 50.3 Å². The molecule has 0 aliphatic carbocycles. The molecule has 14 heavy (non-hydrogen) atoms. The van der Waals surface area contributed by atoms with E-state index in [-0.39, 0.29) is 5.92 Å². The molecule has 2 aliphatic rings. The van der Waals surface area contributed by atoms with Gasteiger partial charge in [0.25, 0.3) is 0 Å². The van der Waals surface area contributed by atoms with E-state index < -0.39 is 6.17 Å². The van der Waals surface area contributed by atoms with E-state index in [0.717, 1.165) is 51.0 Å². The van der Waals surface area contributed by atoms with Crippen molar-refractivity contribution in [2.24, 2.45) is 5.92 Å². The van der Waals surface area contributed by atoms with E-state index in [1.54, 1.807) is 6.26 Å². The number of nitrogens with one attached hydrogen (secondary N) is 1. The van der Waals surface area contributed by atoms with Gasteiger partial charge in [0, 0.05) is 0 Å². The van der Waals surface area contributed by atoms with Gasteiger partial charge in [0.15, 0.2) is 0 Å². The maximum absolute atomic E-state index is 14.0. The average molecular weight is 199 g/mol. The van der Waals surface area contributed by atoms with E-state index in [9.17, 15) is 4.39 Å². The van der Waals surface area contributed by atoms with E-state index >= 15 is 0 Å². The van der Waals surface area contributed by atoms with Crippen LogP contribution in [0.5, 0.6) is 0 Å². The maximum Gasteiger partial charge on any atom is 0.127 e. The Labute approximate surface area is 84.5 Å². The highest BCUT2D eigenvalue weighted by atomic mass is 19.1. The van der Waals surface area contributed by atoms with Crippen LogP contribution in [0.2, 0.25) is 0 Å². The minimum atomic E-state index is -0.766. The molecule has 1 atom stereocenters. The van der Waals surface area contributed by atoms with Crippen LogP contribution in [-0.2, 0) is 4.74 Å². The van der Waals surface area contributed by atoms with Crippen LogP contribution in [0.3, 0.4) is 0 Å². The normalized spacial score (nSPS) is 26.5. The van der Waals surface area contributed by atoms with Gasteiger partial charge in [-0.2, -0.15) is 0 Å². The highest BCUT2D eigenvalue weighted by molar-refractivity contribution is 5.09. The quantitative estimate of drug-likeness (QED) is 0.734. The predicted octanol–water partition coefficient (Wildman–Crippen LogP) is 2.02. The summed E-state index contributed by atoms with van der Waals surface area (Å²) in [4.78, 5) is 0. The second kappa shape index (κ2) is 4.78. The molecule has 2 rings (SSSR count). The molecule has 1 unspecified atom stereocenters. The third-order valence-electron chi connectivity index (χ3n) is 3.11. The van der Waals surface area contributed by atoms with Crippen LogP contribution < -0.4 is 5.32 Å². The number of ether oxygens (including phenoxy) is 1. The lowest BCUT2D eigenvalue weighted by Crippen LogP contribution is -2.33. The van der Waals surface area contributed by atoms with E-state index in [1.807, 2.05) is 0 Å². The fraction of sp³-hybridized carbons (Fsp3) is 0.818. The number of hydrogen-bond donors (Lipinski definition) is 1. The summed E-state index contributed by atoms with van der Waals surface area (Å²) in [5.41, 5.74) is 0.878. The number of rotatable bonds is 2. The Hall–Kier alpha value is -0.570. The molecule has 1 saturated heterocycles. The van der Waals surface area contributed by atoms with Crippen LogP contribution in [0.1, 0.15) is 25.7 Å². The molecule has 0 radical (unpaired) electrons. The van der Waals surface area contributed by atoms with Gasteiger partial charge in [-0.25, -0.2) is 4.39 Å². The molecule has 2 aliphatic heterocycles. The lowest BCUT2D eigenvalue weighted by molar-refractivity contribution is 0.176. The Kier molecular flexibility index (Phi) is 3.40. The summed E-state index contributed by atoms with van der Waals surface area (Å²) < 4.78 is 19.2. The van der Waals surface area contributed by atoms with Gasteiger partial charge >= 0.3 is 0 Å². The molecule has 2 nitrogen and oxygen atoms in total. The van der Waals surface area contributed by atoms with Crippen LogP contribution in [0.15, 0.2) is 11.8 Å². The lowest BCUT2D eigenvalue weighted by Gasteiger charge is -2.28. The first-order valence-corrected chi connectivity index (χ1v) is 5.53. The van der Waals surface area contributed by atoms with Crippen molar-refractivity contribution in [3.05, 3.63) is 11.8 Å². The van der Waals surface area contributed by atoms with Crippen molar-refractivity contribution in [2.45, 2.75) is 31.9 Å². The summed E-state index contributed by atoms with van der Waals surface area (Å²) in [5, 5.41) is 3.26. The molecule has 0 aromatic heterocycles. The molecule has 0 aromatic rings. The molecule has 0 aromatic carbocycles. The molecule has 0 amide bonds. The van der Waals surface area contributed by atoms with Gasteiger partial charge in [-0.15, -0.1) is 0 Å². The Morgan fingerprint density at radius 1 is 1.43 bits per heavy atom.